The summed E-state index contributed by atoms with van der Waals surface area (Å²) in [5.74, 6) is -0.0935. The first kappa shape index (κ1) is 12.6. The van der Waals surface area contributed by atoms with Gasteiger partial charge in [-0.25, -0.2) is 4.79 Å². The standard InChI is InChI=1S/C6H4F5NO2/c7-5(8,9)2-1-3-14-4(13)6(10,11)12/h3,12H2. The topological polar surface area (TPSA) is 52.3 Å². The van der Waals surface area contributed by atoms with Gasteiger partial charge in [0.05, 0.1) is 0 Å². The van der Waals surface area contributed by atoms with E-state index in [9.17, 15) is 26.7 Å². The molecule has 0 spiro atoms. The van der Waals surface area contributed by atoms with Crippen LogP contribution in [0.25, 0.3) is 0 Å². The van der Waals surface area contributed by atoms with E-state index in [2.05, 4.69) is 10.5 Å². The van der Waals surface area contributed by atoms with E-state index in [1.165, 1.54) is 5.92 Å². The highest BCUT2D eigenvalue weighted by Crippen LogP contribution is 2.11. The van der Waals surface area contributed by atoms with Crippen molar-refractivity contribution in [2.45, 2.75) is 12.2 Å². The molecule has 14 heavy (non-hydrogen) atoms. The van der Waals surface area contributed by atoms with Crippen LogP contribution in [0.2, 0.25) is 0 Å². The molecule has 0 amide bonds. The predicted molar refractivity (Wildman–Crippen MR) is 33.9 cm³/mol. The maximum Gasteiger partial charge on any atom is 0.457 e. The number of rotatable bonds is 2. The van der Waals surface area contributed by atoms with Crippen LogP contribution in [0.4, 0.5) is 22.0 Å². The van der Waals surface area contributed by atoms with Gasteiger partial charge in [0.2, 0.25) is 0 Å². The molecule has 0 bridgehead atoms. The van der Waals surface area contributed by atoms with Gasteiger partial charge in [-0.15, -0.1) is 0 Å². The van der Waals surface area contributed by atoms with Crippen molar-refractivity contribution >= 4 is 5.97 Å². The van der Waals surface area contributed by atoms with Crippen molar-refractivity contribution in [2.24, 2.45) is 5.73 Å². The lowest BCUT2D eigenvalue weighted by molar-refractivity contribution is -0.169. The second-order valence-electron chi connectivity index (χ2n) is 2.00. The van der Waals surface area contributed by atoms with Gasteiger partial charge in [-0.3, -0.25) is 5.73 Å². The average Bonchev–Trinajstić information content (AvgIpc) is 1.93. The first-order valence-corrected chi connectivity index (χ1v) is 3.03. The molecule has 3 nitrogen and oxygen atoms in total. The Morgan fingerprint density at radius 3 is 2.14 bits per heavy atom. The Labute approximate surface area is 75.0 Å². The lowest BCUT2D eigenvalue weighted by Crippen LogP contribution is -2.40. The fourth-order valence-electron chi connectivity index (χ4n) is 0.334. The van der Waals surface area contributed by atoms with Crippen molar-refractivity contribution in [1.29, 1.82) is 0 Å². The SMILES string of the molecule is NC(F)(F)C(=O)OCC#CC(F)(F)F. The molecule has 0 heterocycles. The Bertz CT molecular complexity index is 269. The highest BCUT2D eigenvalue weighted by molar-refractivity contribution is 5.76. The quantitative estimate of drug-likeness (QED) is 0.319. The molecule has 0 aromatic heterocycles. The number of ether oxygens (including phenoxy) is 1. The molecule has 0 atom stereocenters. The Hall–Kier alpha value is -1.36. The van der Waals surface area contributed by atoms with Gasteiger partial charge in [0.1, 0.15) is 0 Å². The minimum Gasteiger partial charge on any atom is -0.447 e. The van der Waals surface area contributed by atoms with Gasteiger partial charge in [0.15, 0.2) is 6.61 Å². The summed E-state index contributed by atoms with van der Waals surface area (Å²) in [4.78, 5) is 10.1. The van der Waals surface area contributed by atoms with E-state index in [1.54, 1.807) is 0 Å². The average molecular weight is 217 g/mol. The molecule has 0 fully saturated rings. The van der Waals surface area contributed by atoms with E-state index in [-0.39, 0.29) is 0 Å². The number of nitrogens with two attached hydrogens (primary N) is 1. The molecule has 0 aliphatic carbocycles. The van der Waals surface area contributed by atoms with Crippen molar-refractivity contribution in [3.05, 3.63) is 0 Å². The van der Waals surface area contributed by atoms with Crippen molar-refractivity contribution in [1.82, 2.24) is 0 Å². The molecule has 0 rings (SSSR count). The van der Waals surface area contributed by atoms with E-state index in [4.69, 9.17) is 0 Å². The van der Waals surface area contributed by atoms with Gasteiger partial charge in [-0.05, 0) is 0 Å². The molecule has 80 valence electrons. The number of alkyl halides is 5. The van der Waals surface area contributed by atoms with E-state index in [0.717, 1.165) is 0 Å². The molecule has 0 saturated carbocycles. The van der Waals surface area contributed by atoms with Crippen molar-refractivity contribution in [2.75, 3.05) is 6.61 Å². The highest BCUT2D eigenvalue weighted by atomic mass is 19.4. The summed E-state index contributed by atoms with van der Waals surface area (Å²) in [5, 5.41) is 0. The Morgan fingerprint density at radius 1 is 1.29 bits per heavy atom. The maximum absolute atomic E-state index is 11.8. The smallest absolute Gasteiger partial charge is 0.447 e. The molecule has 0 aromatic rings. The third kappa shape index (κ3) is 6.19. The first-order valence-electron chi connectivity index (χ1n) is 3.03. The van der Waals surface area contributed by atoms with Crippen LogP contribution in [0.5, 0.6) is 0 Å². The van der Waals surface area contributed by atoms with Gasteiger partial charge in [-0.2, -0.15) is 22.0 Å². The van der Waals surface area contributed by atoms with Crippen LogP contribution in [-0.2, 0) is 9.53 Å². The second-order valence-corrected chi connectivity index (χ2v) is 2.00. The van der Waals surface area contributed by atoms with Crippen LogP contribution in [0.3, 0.4) is 0 Å². The summed E-state index contributed by atoms with van der Waals surface area (Å²) < 4.78 is 61.2. The lowest BCUT2D eigenvalue weighted by atomic mass is 10.5. The monoisotopic (exact) mass is 217 g/mol. The molecule has 0 aromatic carbocycles. The lowest BCUT2D eigenvalue weighted by Gasteiger charge is -2.06. The molecule has 0 aliphatic rings. The van der Waals surface area contributed by atoms with E-state index in [0.29, 0.717) is 5.92 Å². The number of carbonyl (C=O) groups excluding carboxylic acids is 1. The summed E-state index contributed by atoms with van der Waals surface area (Å²) in [6.45, 7) is -1.09. The van der Waals surface area contributed by atoms with Crippen molar-refractivity contribution < 1.29 is 31.5 Å². The van der Waals surface area contributed by atoms with Crippen LogP contribution >= 0.6 is 0 Å². The Morgan fingerprint density at radius 2 is 1.79 bits per heavy atom. The Balaban J connectivity index is 3.97. The van der Waals surface area contributed by atoms with E-state index >= 15 is 0 Å². The maximum atomic E-state index is 11.8. The normalized spacial score (nSPS) is 11.6. The summed E-state index contributed by atoms with van der Waals surface area (Å²) in [7, 11) is 0. The minimum absolute atomic E-state index is 0.716. The van der Waals surface area contributed by atoms with Gasteiger partial charge >= 0.3 is 18.2 Å². The number of hydrogen-bond donors (Lipinski definition) is 1. The number of carbonyl (C=O) groups is 1. The van der Waals surface area contributed by atoms with Crippen molar-refractivity contribution in [3.63, 3.8) is 0 Å². The molecule has 8 heteroatoms. The van der Waals surface area contributed by atoms with E-state index < -0.39 is 24.8 Å². The molecule has 0 saturated heterocycles. The largest absolute Gasteiger partial charge is 0.457 e. The van der Waals surface area contributed by atoms with Gasteiger partial charge < -0.3 is 4.74 Å². The van der Waals surface area contributed by atoms with Crippen LogP contribution < -0.4 is 5.73 Å². The Kier molecular flexibility index (Phi) is 3.82. The molecule has 0 aliphatic heterocycles. The van der Waals surface area contributed by atoms with Crippen LogP contribution in [0, 0.1) is 11.8 Å². The molecule has 2 N–H and O–H groups in total. The fraction of sp³-hybridized carbons (Fsp3) is 0.500. The highest BCUT2D eigenvalue weighted by Gasteiger charge is 2.35. The molecule has 0 radical (unpaired) electrons. The minimum atomic E-state index is -4.75. The predicted octanol–water partition coefficient (Wildman–Crippen LogP) is 0.647. The summed E-state index contributed by atoms with van der Waals surface area (Å²) in [6.07, 6.45) is -4.75. The van der Waals surface area contributed by atoms with Crippen LogP contribution in [0.15, 0.2) is 0 Å². The van der Waals surface area contributed by atoms with Crippen molar-refractivity contribution in [3.8, 4) is 11.8 Å². The number of esters is 1. The van der Waals surface area contributed by atoms with Crippen LogP contribution in [-0.4, -0.2) is 24.8 Å². The molecular weight excluding hydrogens is 213 g/mol. The number of halogens is 5. The van der Waals surface area contributed by atoms with Crippen LogP contribution in [0.1, 0.15) is 0 Å². The third-order valence-corrected chi connectivity index (χ3v) is 0.778. The molecule has 0 unspecified atom stereocenters. The first-order chi connectivity index (χ1) is 6.13. The van der Waals surface area contributed by atoms with Gasteiger partial charge in [0, 0.05) is 5.92 Å². The summed E-state index contributed by atoms with van der Waals surface area (Å²) in [6, 6.07) is -4.22. The molecular formula is C6H4F5NO2. The fourth-order valence-corrected chi connectivity index (χ4v) is 0.334. The van der Waals surface area contributed by atoms with E-state index in [1.807, 2.05) is 0 Å². The van der Waals surface area contributed by atoms with Gasteiger partial charge in [0.25, 0.3) is 0 Å². The zero-order valence-corrected chi connectivity index (χ0v) is 6.49. The number of hydrogen-bond acceptors (Lipinski definition) is 3. The third-order valence-electron chi connectivity index (χ3n) is 0.778. The summed E-state index contributed by atoms with van der Waals surface area (Å²) >= 11 is 0. The summed E-state index contributed by atoms with van der Waals surface area (Å²) in [5.41, 5.74) is 3.97. The second kappa shape index (κ2) is 4.23. The zero-order valence-electron chi connectivity index (χ0n) is 6.49. The van der Waals surface area contributed by atoms with Gasteiger partial charge in [-0.1, -0.05) is 5.92 Å². The zero-order chi connectivity index (χ0) is 11.4.